The van der Waals surface area contributed by atoms with Gasteiger partial charge in [-0.25, -0.2) is 4.98 Å². The Balaban J connectivity index is 1.64. The molecule has 2 heterocycles. The first-order chi connectivity index (χ1) is 12.5. The van der Waals surface area contributed by atoms with Crippen LogP contribution in [0.2, 0.25) is 5.02 Å². The largest absolute Gasteiger partial charge is 0.389 e. The first-order valence-corrected chi connectivity index (χ1v) is 8.54. The number of nitrogens with one attached hydrogen (secondary N) is 1. The van der Waals surface area contributed by atoms with Crippen LogP contribution in [0.4, 0.5) is 5.82 Å². The van der Waals surface area contributed by atoms with Crippen LogP contribution in [-0.4, -0.2) is 21.0 Å². The fourth-order valence-electron chi connectivity index (χ4n) is 2.45. The highest BCUT2D eigenvalue weighted by Gasteiger charge is 2.10. The minimum Gasteiger partial charge on any atom is -0.389 e. The molecule has 0 aliphatic rings. The van der Waals surface area contributed by atoms with Crippen LogP contribution in [-0.2, 0) is 6.42 Å². The molecule has 0 aliphatic heterocycles. The third kappa shape index (κ3) is 4.65. The molecule has 26 heavy (non-hydrogen) atoms. The Morgan fingerprint density at radius 3 is 2.58 bits per heavy atom. The lowest BCUT2D eigenvalue weighted by atomic mass is 10.1. The zero-order valence-electron chi connectivity index (χ0n) is 14.2. The summed E-state index contributed by atoms with van der Waals surface area (Å²) >= 11 is 6.00. The molecule has 0 saturated carbocycles. The van der Waals surface area contributed by atoms with E-state index in [-0.39, 0.29) is 11.6 Å². The molecule has 0 saturated heterocycles. The standard InChI is InChI=1S/C20H18ClN3O2/c1-13(25)16-6-7-18(22-12-16)20(26)24-19-8-5-15(11-23-19)9-14-3-2-4-17(21)10-14/h2-8,10-13,25H,9H2,1H3,(H,23,24,26). The molecule has 5 nitrogen and oxygen atoms in total. The molecule has 132 valence electrons. The number of carbonyl (C=O) groups excluding carboxylic acids is 1. The molecule has 0 spiro atoms. The van der Waals surface area contributed by atoms with Crippen molar-refractivity contribution in [1.29, 1.82) is 0 Å². The molecule has 0 fully saturated rings. The van der Waals surface area contributed by atoms with E-state index in [1.54, 1.807) is 31.3 Å². The minimum atomic E-state index is -0.617. The van der Waals surface area contributed by atoms with Gasteiger partial charge in [0.15, 0.2) is 0 Å². The third-order valence-electron chi connectivity index (χ3n) is 3.87. The van der Waals surface area contributed by atoms with E-state index >= 15 is 0 Å². The van der Waals surface area contributed by atoms with E-state index in [2.05, 4.69) is 15.3 Å². The van der Waals surface area contributed by atoms with Crippen molar-refractivity contribution in [3.05, 3.63) is 88.3 Å². The monoisotopic (exact) mass is 367 g/mol. The lowest BCUT2D eigenvalue weighted by molar-refractivity contribution is 0.102. The number of aromatic nitrogens is 2. The van der Waals surface area contributed by atoms with Gasteiger partial charge in [0, 0.05) is 17.4 Å². The van der Waals surface area contributed by atoms with Crippen LogP contribution in [0.25, 0.3) is 0 Å². The van der Waals surface area contributed by atoms with Gasteiger partial charge >= 0.3 is 0 Å². The lowest BCUT2D eigenvalue weighted by Gasteiger charge is -2.07. The summed E-state index contributed by atoms with van der Waals surface area (Å²) in [6.07, 6.45) is 3.31. The number of aliphatic hydroxyl groups excluding tert-OH is 1. The van der Waals surface area contributed by atoms with Crippen LogP contribution < -0.4 is 5.32 Å². The first-order valence-electron chi connectivity index (χ1n) is 8.16. The molecule has 3 aromatic rings. The molecule has 2 aromatic heterocycles. The van der Waals surface area contributed by atoms with Crippen molar-refractivity contribution >= 4 is 23.3 Å². The van der Waals surface area contributed by atoms with Gasteiger partial charge in [-0.3, -0.25) is 9.78 Å². The van der Waals surface area contributed by atoms with Gasteiger partial charge in [-0.15, -0.1) is 0 Å². The summed E-state index contributed by atoms with van der Waals surface area (Å²) in [7, 11) is 0. The van der Waals surface area contributed by atoms with E-state index in [0.29, 0.717) is 22.8 Å². The zero-order chi connectivity index (χ0) is 18.5. The molecular formula is C20H18ClN3O2. The summed E-state index contributed by atoms with van der Waals surface area (Å²) in [6, 6.07) is 14.6. The first kappa shape index (κ1) is 18.0. The Bertz CT molecular complexity index is 894. The number of aliphatic hydroxyl groups is 1. The minimum absolute atomic E-state index is 0.263. The summed E-state index contributed by atoms with van der Waals surface area (Å²) in [4.78, 5) is 20.6. The van der Waals surface area contributed by atoms with Gasteiger partial charge in [0.25, 0.3) is 5.91 Å². The fraction of sp³-hybridized carbons (Fsp3) is 0.150. The molecule has 1 atom stereocenters. The summed E-state index contributed by atoms with van der Waals surface area (Å²) in [5.41, 5.74) is 3.03. The number of anilines is 1. The van der Waals surface area contributed by atoms with E-state index in [9.17, 15) is 9.90 Å². The second kappa shape index (κ2) is 8.08. The van der Waals surface area contributed by atoms with E-state index < -0.39 is 6.10 Å². The number of hydrogen-bond acceptors (Lipinski definition) is 4. The van der Waals surface area contributed by atoms with Crippen LogP contribution in [0, 0.1) is 0 Å². The topological polar surface area (TPSA) is 75.1 Å². The Morgan fingerprint density at radius 2 is 1.96 bits per heavy atom. The average molecular weight is 368 g/mol. The normalized spacial score (nSPS) is 11.8. The summed E-state index contributed by atoms with van der Waals surface area (Å²) in [6.45, 7) is 1.64. The van der Waals surface area contributed by atoms with Crippen LogP contribution in [0.5, 0.6) is 0 Å². The molecule has 6 heteroatoms. The van der Waals surface area contributed by atoms with Crippen molar-refractivity contribution < 1.29 is 9.90 Å². The Labute approximate surface area is 156 Å². The maximum atomic E-state index is 12.2. The number of benzene rings is 1. The van der Waals surface area contributed by atoms with Crippen molar-refractivity contribution in [3.63, 3.8) is 0 Å². The second-order valence-electron chi connectivity index (χ2n) is 5.97. The molecule has 2 N–H and O–H groups in total. The average Bonchev–Trinajstić information content (AvgIpc) is 2.63. The molecular weight excluding hydrogens is 350 g/mol. The summed E-state index contributed by atoms with van der Waals surface area (Å²) < 4.78 is 0. The molecule has 1 aromatic carbocycles. The SMILES string of the molecule is CC(O)c1ccc(C(=O)Nc2ccc(Cc3cccc(Cl)c3)cn2)nc1. The van der Waals surface area contributed by atoms with Gasteiger partial charge in [-0.2, -0.15) is 0 Å². The highest BCUT2D eigenvalue weighted by molar-refractivity contribution is 6.30. The zero-order valence-corrected chi connectivity index (χ0v) is 14.9. The van der Waals surface area contributed by atoms with Crippen molar-refractivity contribution in [1.82, 2.24) is 9.97 Å². The lowest BCUT2D eigenvalue weighted by Crippen LogP contribution is -2.14. The van der Waals surface area contributed by atoms with Gasteiger partial charge < -0.3 is 10.4 Å². The van der Waals surface area contributed by atoms with Crippen LogP contribution in [0.3, 0.4) is 0 Å². The number of halogens is 1. The van der Waals surface area contributed by atoms with Gasteiger partial charge in [-0.05, 0) is 54.3 Å². The van der Waals surface area contributed by atoms with Gasteiger partial charge in [-0.1, -0.05) is 35.9 Å². The maximum absolute atomic E-state index is 12.2. The number of pyridine rings is 2. The molecule has 0 radical (unpaired) electrons. The molecule has 3 rings (SSSR count). The van der Waals surface area contributed by atoms with Crippen LogP contribution in [0.1, 0.15) is 40.2 Å². The van der Waals surface area contributed by atoms with E-state index in [0.717, 1.165) is 11.1 Å². The van der Waals surface area contributed by atoms with Gasteiger partial charge in [0.2, 0.25) is 0 Å². The Morgan fingerprint density at radius 1 is 1.12 bits per heavy atom. The second-order valence-corrected chi connectivity index (χ2v) is 6.40. The number of hydrogen-bond donors (Lipinski definition) is 2. The molecule has 1 amide bonds. The van der Waals surface area contributed by atoms with Crippen molar-refractivity contribution in [3.8, 4) is 0 Å². The van der Waals surface area contributed by atoms with Crippen molar-refractivity contribution in [2.75, 3.05) is 5.32 Å². The number of rotatable bonds is 5. The molecule has 1 unspecified atom stereocenters. The third-order valence-corrected chi connectivity index (χ3v) is 4.10. The maximum Gasteiger partial charge on any atom is 0.275 e. The van der Waals surface area contributed by atoms with E-state index in [4.69, 9.17) is 11.6 Å². The van der Waals surface area contributed by atoms with Gasteiger partial charge in [0.1, 0.15) is 11.5 Å². The van der Waals surface area contributed by atoms with E-state index in [1.165, 1.54) is 6.20 Å². The van der Waals surface area contributed by atoms with Crippen LogP contribution >= 0.6 is 11.6 Å². The smallest absolute Gasteiger partial charge is 0.275 e. The van der Waals surface area contributed by atoms with Crippen LogP contribution in [0.15, 0.2) is 60.9 Å². The number of carbonyl (C=O) groups is 1. The number of nitrogens with zero attached hydrogens (tertiary/aromatic N) is 2. The Hall–Kier alpha value is -2.76. The quantitative estimate of drug-likeness (QED) is 0.714. The van der Waals surface area contributed by atoms with Crippen molar-refractivity contribution in [2.24, 2.45) is 0 Å². The fourth-order valence-corrected chi connectivity index (χ4v) is 2.67. The number of amides is 1. The highest BCUT2D eigenvalue weighted by atomic mass is 35.5. The summed E-state index contributed by atoms with van der Waals surface area (Å²) in [5.74, 6) is 0.100. The van der Waals surface area contributed by atoms with Gasteiger partial charge in [0.05, 0.1) is 6.10 Å². The highest BCUT2D eigenvalue weighted by Crippen LogP contribution is 2.16. The summed E-state index contributed by atoms with van der Waals surface area (Å²) in [5, 5.41) is 12.9. The predicted octanol–water partition coefficient (Wildman–Crippen LogP) is 4.03. The van der Waals surface area contributed by atoms with Crippen molar-refractivity contribution in [2.45, 2.75) is 19.4 Å². The Kier molecular flexibility index (Phi) is 5.61. The van der Waals surface area contributed by atoms with E-state index in [1.807, 2.05) is 30.3 Å². The molecule has 0 bridgehead atoms. The molecule has 0 aliphatic carbocycles. The predicted molar refractivity (Wildman–Crippen MR) is 101 cm³/mol.